The molecule has 0 unspecified atom stereocenters. The summed E-state index contributed by atoms with van der Waals surface area (Å²) in [6.45, 7) is 1.75. The zero-order valence-electron chi connectivity index (χ0n) is 6.21. The first kappa shape index (κ1) is 10.0. The third kappa shape index (κ3) is 2.21. The van der Waals surface area contributed by atoms with Gasteiger partial charge in [-0.1, -0.05) is 11.6 Å². The van der Waals surface area contributed by atoms with Crippen LogP contribution in [0, 0.1) is 6.92 Å². The van der Waals surface area contributed by atoms with Crippen LogP contribution in [0.25, 0.3) is 0 Å². The predicted octanol–water partition coefficient (Wildman–Crippen LogP) is 2.73. The lowest BCUT2D eigenvalue weighted by Gasteiger charge is -1.99. The number of hydrogen-bond acceptors (Lipinski definition) is 2. The van der Waals surface area contributed by atoms with Gasteiger partial charge in [0.15, 0.2) is 0 Å². The lowest BCUT2D eigenvalue weighted by atomic mass is 10.2. The minimum Gasteiger partial charge on any atom is -0.212 e. The van der Waals surface area contributed by atoms with Crippen molar-refractivity contribution in [3.63, 3.8) is 0 Å². The number of rotatable bonds is 1. The van der Waals surface area contributed by atoms with Gasteiger partial charge in [-0.3, -0.25) is 0 Å². The molecule has 1 rings (SSSR count). The van der Waals surface area contributed by atoms with Crippen molar-refractivity contribution in [1.82, 2.24) is 0 Å². The summed E-state index contributed by atoms with van der Waals surface area (Å²) in [5.41, 5.74) is 0.747. The Kier molecular flexibility index (Phi) is 2.81. The fraction of sp³-hybridized carbons (Fsp3) is 0.143. The van der Waals surface area contributed by atoms with E-state index in [1.165, 1.54) is 12.1 Å². The third-order valence-corrected chi connectivity index (χ3v) is 3.77. The van der Waals surface area contributed by atoms with Gasteiger partial charge in [-0.05, 0) is 30.7 Å². The van der Waals surface area contributed by atoms with Crippen molar-refractivity contribution in [2.45, 2.75) is 11.8 Å². The Morgan fingerprint density at radius 3 is 2.42 bits per heavy atom. The second kappa shape index (κ2) is 3.36. The van der Waals surface area contributed by atoms with Crippen LogP contribution in [0.3, 0.4) is 0 Å². The monoisotopic (exact) mass is 268 g/mol. The summed E-state index contributed by atoms with van der Waals surface area (Å²) in [6, 6.07) is 4.54. The van der Waals surface area contributed by atoms with Gasteiger partial charge in [0.05, 0.1) is 19.7 Å². The summed E-state index contributed by atoms with van der Waals surface area (Å²) in [4.78, 5) is 0.226. The van der Waals surface area contributed by atoms with Gasteiger partial charge < -0.3 is 0 Å². The lowest BCUT2D eigenvalue weighted by molar-refractivity contribution is 0.611. The zero-order valence-corrected chi connectivity index (χ0v) is 9.37. The Hall–Kier alpha value is -0.0600. The van der Waals surface area contributed by atoms with E-state index in [2.05, 4.69) is 14.8 Å². The van der Waals surface area contributed by atoms with E-state index in [9.17, 15) is 8.42 Å². The Labute approximate surface area is 83.7 Å². The molecule has 2 nitrogen and oxygen atoms in total. The molecule has 12 heavy (non-hydrogen) atoms. The summed E-state index contributed by atoms with van der Waals surface area (Å²) in [5, 5.41) is 0.565. The Balaban J connectivity index is 3.33. The molecule has 0 saturated heterocycles. The van der Waals surface area contributed by atoms with E-state index in [0.717, 1.165) is 5.56 Å². The molecule has 0 saturated carbocycles. The third-order valence-electron chi connectivity index (χ3n) is 1.41. The predicted molar refractivity (Wildman–Crippen MR) is 52.3 cm³/mol. The molecule has 5 heteroatoms. The summed E-state index contributed by atoms with van der Waals surface area (Å²) in [5.74, 6) is 0. The molecule has 1 aromatic rings. The minimum atomic E-state index is -3.29. The molecule has 0 aromatic heterocycles. The molecule has 1 aromatic carbocycles. The smallest absolute Gasteiger partial charge is 0.212 e. The van der Waals surface area contributed by atoms with Gasteiger partial charge in [-0.15, -0.1) is 0 Å². The van der Waals surface area contributed by atoms with Gasteiger partial charge in [0.1, 0.15) is 0 Å². The molecule has 0 bridgehead atoms. The summed E-state index contributed by atoms with van der Waals surface area (Å²) in [6.07, 6.45) is 0. The molecule has 0 heterocycles. The number of hydrogen-bond donors (Lipinski definition) is 0. The van der Waals surface area contributed by atoms with Crippen molar-refractivity contribution < 1.29 is 8.42 Å². The topological polar surface area (TPSA) is 34.1 Å². The van der Waals surface area contributed by atoms with Gasteiger partial charge in [-0.25, -0.2) is 8.42 Å². The summed E-state index contributed by atoms with van der Waals surface area (Å²) in [7, 11) is -3.29. The van der Waals surface area contributed by atoms with Crippen molar-refractivity contribution in [2.24, 2.45) is 0 Å². The number of aryl methyl sites for hydroxylation is 1. The molecule has 0 radical (unpaired) electrons. The largest absolute Gasteiger partial charge is 0.237 e. The first-order valence-electron chi connectivity index (χ1n) is 3.12. The van der Waals surface area contributed by atoms with E-state index in [1.807, 2.05) is 0 Å². The normalized spacial score (nSPS) is 11.6. The molecular formula is C7H6BrClO2S. The zero-order chi connectivity index (χ0) is 9.35. The van der Waals surface area contributed by atoms with Crippen LogP contribution in [0.5, 0.6) is 0 Å². The SMILES string of the molecule is Cc1cc(S(=O)(=O)Br)ccc1Cl. The molecule has 0 N–H and O–H groups in total. The molecule has 0 fully saturated rings. The number of halogens is 2. The molecule has 0 atom stereocenters. The van der Waals surface area contributed by atoms with E-state index in [1.54, 1.807) is 13.0 Å². The maximum atomic E-state index is 11.0. The van der Waals surface area contributed by atoms with Gasteiger partial charge in [-0.2, -0.15) is 0 Å². The minimum absolute atomic E-state index is 0.226. The average molecular weight is 270 g/mol. The van der Waals surface area contributed by atoms with E-state index >= 15 is 0 Å². The molecule has 0 spiro atoms. The van der Waals surface area contributed by atoms with E-state index < -0.39 is 8.27 Å². The first-order chi connectivity index (χ1) is 5.41. The summed E-state index contributed by atoms with van der Waals surface area (Å²) >= 11 is 8.30. The average Bonchev–Trinajstić information content (AvgIpc) is 1.92. The van der Waals surface area contributed by atoms with E-state index in [0.29, 0.717) is 5.02 Å². The van der Waals surface area contributed by atoms with Crippen LogP contribution < -0.4 is 0 Å². The fourth-order valence-corrected chi connectivity index (χ4v) is 2.04. The lowest BCUT2D eigenvalue weighted by Crippen LogP contribution is -1.90. The van der Waals surface area contributed by atoms with Crippen molar-refractivity contribution >= 4 is 34.7 Å². The highest BCUT2D eigenvalue weighted by Crippen LogP contribution is 2.22. The molecule has 0 aliphatic heterocycles. The van der Waals surface area contributed by atoms with Gasteiger partial charge in [0, 0.05) is 5.02 Å². The molecule has 0 aliphatic carbocycles. The second-order valence-electron chi connectivity index (χ2n) is 2.35. The molecular weight excluding hydrogens is 263 g/mol. The highest BCUT2D eigenvalue weighted by atomic mass is 79.9. The van der Waals surface area contributed by atoms with Crippen LogP contribution in [0.4, 0.5) is 0 Å². The van der Waals surface area contributed by atoms with Crippen molar-refractivity contribution in [2.75, 3.05) is 0 Å². The first-order valence-corrected chi connectivity index (χ1v) is 6.82. The van der Waals surface area contributed by atoms with Gasteiger partial charge in [0.25, 0.3) is 0 Å². The highest BCUT2D eigenvalue weighted by molar-refractivity contribution is 9.47. The Morgan fingerprint density at radius 1 is 1.42 bits per heavy atom. The summed E-state index contributed by atoms with van der Waals surface area (Å²) < 4.78 is 21.9. The molecule has 0 amide bonds. The van der Waals surface area contributed by atoms with Crippen LogP contribution >= 0.6 is 26.4 Å². The molecule has 0 aliphatic rings. The fourth-order valence-electron chi connectivity index (χ4n) is 0.769. The van der Waals surface area contributed by atoms with Crippen molar-refractivity contribution in [3.05, 3.63) is 28.8 Å². The Morgan fingerprint density at radius 2 is 2.00 bits per heavy atom. The van der Waals surface area contributed by atoms with Crippen LogP contribution in [0.2, 0.25) is 5.02 Å². The number of benzene rings is 1. The maximum Gasteiger partial charge on any atom is 0.237 e. The van der Waals surface area contributed by atoms with Crippen LogP contribution in [0.1, 0.15) is 5.56 Å². The second-order valence-corrected chi connectivity index (χ2v) is 6.66. The highest BCUT2D eigenvalue weighted by Gasteiger charge is 2.09. The quantitative estimate of drug-likeness (QED) is 0.735. The van der Waals surface area contributed by atoms with E-state index in [4.69, 9.17) is 11.6 Å². The van der Waals surface area contributed by atoms with E-state index in [-0.39, 0.29) is 4.90 Å². The van der Waals surface area contributed by atoms with Crippen LogP contribution in [0.15, 0.2) is 23.1 Å². The van der Waals surface area contributed by atoms with Crippen LogP contribution in [-0.2, 0) is 8.27 Å². The van der Waals surface area contributed by atoms with Crippen molar-refractivity contribution in [1.29, 1.82) is 0 Å². The molecule has 66 valence electrons. The van der Waals surface area contributed by atoms with Gasteiger partial charge in [0.2, 0.25) is 8.27 Å². The Bertz CT molecular complexity index is 400. The maximum absolute atomic E-state index is 11.0. The standard InChI is InChI=1S/C7H6BrClO2S/c1-5-4-6(12(8,10)11)2-3-7(5)9/h2-4H,1H3. The van der Waals surface area contributed by atoms with Gasteiger partial charge >= 0.3 is 0 Å². The van der Waals surface area contributed by atoms with Crippen LogP contribution in [-0.4, -0.2) is 8.42 Å². The van der Waals surface area contributed by atoms with Crippen molar-refractivity contribution in [3.8, 4) is 0 Å².